The molecule has 2 rings (SSSR count). The van der Waals surface area contributed by atoms with Crippen molar-refractivity contribution in [2.75, 3.05) is 10.6 Å². The molecule has 1 aromatic heterocycles. The van der Waals surface area contributed by atoms with E-state index in [1.165, 1.54) is 24.5 Å². The van der Waals surface area contributed by atoms with E-state index in [1.807, 2.05) is 0 Å². The van der Waals surface area contributed by atoms with E-state index in [0.717, 1.165) is 0 Å². The summed E-state index contributed by atoms with van der Waals surface area (Å²) in [4.78, 5) is 30.2. The van der Waals surface area contributed by atoms with Crippen LogP contribution in [0.2, 0.25) is 10.0 Å². The molecule has 0 unspecified atom stereocenters. The second-order valence-corrected chi connectivity index (χ2v) is 4.59. The normalized spacial score (nSPS) is 10.0. The van der Waals surface area contributed by atoms with Crippen molar-refractivity contribution in [3.8, 4) is 0 Å². The van der Waals surface area contributed by atoms with Gasteiger partial charge in [-0.15, -0.1) is 0 Å². The van der Waals surface area contributed by atoms with E-state index >= 15 is 0 Å². The van der Waals surface area contributed by atoms with E-state index in [1.54, 1.807) is 6.07 Å². The fourth-order valence-corrected chi connectivity index (χ4v) is 2.01. The zero-order chi connectivity index (χ0) is 15.4. The number of aromatic nitrogens is 2. The molecule has 2 aromatic rings. The van der Waals surface area contributed by atoms with Gasteiger partial charge in [-0.2, -0.15) is 0 Å². The van der Waals surface area contributed by atoms with Gasteiger partial charge in [0, 0.05) is 12.4 Å². The van der Waals surface area contributed by atoms with Crippen molar-refractivity contribution in [2.45, 2.75) is 0 Å². The molecule has 3 N–H and O–H groups in total. The van der Waals surface area contributed by atoms with Crippen LogP contribution in [0.1, 0.15) is 10.4 Å². The number of carboxylic acid groups (broad SMARTS) is 1. The number of carbonyl (C=O) groups excluding carboxylic acids is 1. The SMILES string of the molecule is O=C(Nc1ncccn1)Nc1c(Cl)cc(C(=O)O)cc1Cl. The van der Waals surface area contributed by atoms with Crippen LogP contribution in [0.3, 0.4) is 0 Å². The molecule has 0 spiro atoms. The number of amides is 2. The van der Waals surface area contributed by atoms with Gasteiger partial charge in [-0.25, -0.2) is 19.6 Å². The summed E-state index contributed by atoms with van der Waals surface area (Å²) >= 11 is 11.8. The van der Waals surface area contributed by atoms with E-state index in [4.69, 9.17) is 28.3 Å². The zero-order valence-corrected chi connectivity index (χ0v) is 11.8. The first-order chi connectivity index (χ1) is 9.97. The zero-order valence-electron chi connectivity index (χ0n) is 10.3. The minimum absolute atomic E-state index is 0.00373. The molecule has 0 fully saturated rings. The van der Waals surface area contributed by atoms with Crippen LogP contribution in [0.5, 0.6) is 0 Å². The quantitative estimate of drug-likeness (QED) is 0.803. The number of nitrogens with one attached hydrogen (secondary N) is 2. The fraction of sp³-hybridized carbons (Fsp3) is 0. The van der Waals surface area contributed by atoms with Crippen molar-refractivity contribution >= 4 is 46.8 Å². The van der Waals surface area contributed by atoms with Gasteiger partial charge in [0.05, 0.1) is 21.3 Å². The lowest BCUT2D eigenvalue weighted by atomic mass is 10.2. The second-order valence-electron chi connectivity index (χ2n) is 3.77. The number of carboxylic acids is 1. The Labute approximate surface area is 128 Å². The first-order valence-corrected chi connectivity index (χ1v) is 6.30. The van der Waals surface area contributed by atoms with Crippen LogP contribution in [0.4, 0.5) is 16.4 Å². The summed E-state index contributed by atoms with van der Waals surface area (Å²) in [5.41, 5.74) is 0.0131. The van der Waals surface area contributed by atoms with Crippen molar-refractivity contribution in [1.82, 2.24) is 9.97 Å². The highest BCUT2D eigenvalue weighted by molar-refractivity contribution is 6.40. The molecular formula is C12H8Cl2N4O3. The molecule has 1 aromatic carbocycles. The number of aromatic carboxylic acids is 1. The van der Waals surface area contributed by atoms with Crippen LogP contribution in [0.15, 0.2) is 30.6 Å². The van der Waals surface area contributed by atoms with Gasteiger partial charge in [-0.05, 0) is 18.2 Å². The smallest absolute Gasteiger partial charge is 0.335 e. The van der Waals surface area contributed by atoms with Gasteiger partial charge in [0.25, 0.3) is 0 Å². The summed E-state index contributed by atoms with van der Waals surface area (Å²) in [5.74, 6) is -1.07. The molecule has 9 heteroatoms. The van der Waals surface area contributed by atoms with Gasteiger partial charge in [-0.1, -0.05) is 23.2 Å². The number of rotatable bonds is 3. The Bertz CT molecular complexity index is 671. The summed E-state index contributed by atoms with van der Waals surface area (Å²) in [6.45, 7) is 0. The van der Waals surface area contributed by atoms with Gasteiger partial charge in [0.2, 0.25) is 5.95 Å². The summed E-state index contributed by atoms with van der Waals surface area (Å²) in [6, 6.07) is 3.31. The maximum atomic E-state index is 11.8. The van der Waals surface area contributed by atoms with E-state index in [9.17, 15) is 9.59 Å². The van der Waals surface area contributed by atoms with E-state index in [-0.39, 0.29) is 27.2 Å². The molecule has 0 aliphatic carbocycles. The molecule has 7 nitrogen and oxygen atoms in total. The number of nitrogens with zero attached hydrogens (tertiary/aromatic N) is 2. The highest BCUT2D eigenvalue weighted by Gasteiger charge is 2.14. The average molecular weight is 327 g/mol. The van der Waals surface area contributed by atoms with Gasteiger partial charge >= 0.3 is 12.0 Å². The molecule has 108 valence electrons. The minimum atomic E-state index is -1.17. The topological polar surface area (TPSA) is 104 Å². The van der Waals surface area contributed by atoms with Gasteiger partial charge in [0.1, 0.15) is 0 Å². The molecule has 0 aliphatic heterocycles. The van der Waals surface area contributed by atoms with Crippen LogP contribution in [0.25, 0.3) is 0 Å². The van der Waals surface area contributed by atoms with E-state index in [2.05, 4.69) is 20.6 Å². The molecule has 1 heterocycles. The minimum Gasteiger partial charge on any atom is -0.478 e. The molecular weight excluding hydrogens is 319 g/mol. The first kappa shape index (κ1) is 15.0. The predicted molar refractivity (Wildman–Crippen MR) is 78.1 cm³/mol. The van der Waals surface area contributed by atoms with Gasteiger partial charge in [0.15, 0.2) is 0 Å². The monoisotopic (exact) mass is 326 g/mol. The van der Waals surface area contributed by atoms with Gasteiger partial charge in [-0.3, -0.25) is 5.32 Å². The maximum Gasteiger partial charge on any atom is 0.335 e. The van der Waals surface area contributed by atoms with Crippen LogP contribution >= 0.6 is 23.2 Å². The number of hydrogen-bond acceptors (Lipinski definition) is 4. The van der Waals surface area contributed by atoms with Gasteiger partial charge < -0.3 is 10.4 Å². The lowest BCUT2D eigenvalue weighted by molar-refractivity contribution is 0.0697. The third-order valence-corrected chi connectivity index (χ3v) is 2.91. The Hall–Kier alpha value is -2.38. The number of benzene rings is 1. The summed E-state index contributed by atoms with van der Waals surface area (Å²) in [7, 11) is 0. The molecule has 0 bridgehead atoms. The Kier molecular flexibility index (Phi) is 4.56. The van der Waals surface area contributed by atoms with E-state index in [0.29, 0.717) is 0 Å². The molecule has 21 heavy (non-hydrogen) atoms. The largest absolute Gasteiger partial charge is 0.478 e. The summed E-state index contributed by atoms with van der Waals surface area (Å²) in [5, 5.41) is 13.7. The average Bonchev–Trinajstić information content (AvgIpc) is 2.43. The summed E-state index contributed by atoms with van der Waals surface area (Å²) in [6.07, 6.45) is 2.93. The highest BCUT2D eigenvalue weighted by Crippen LogP contribution is 2.32. The van der Waals surface area contributed by atoms with Crippen LogP contribution < -0.4 is 10.6 Å². The Balaban J connectivity index is 2.16. The maximum absolute atomic E-state index is 11.8. The molecule has 0 saturated carbocycles. The van der Waals surface area contributed by atoms with Crippen LogP contribution in [-0.2, 0) is 0 Å². The molecule has 0 radical (unpaired) electrons. The number of anilines is 2. The first-order valence-electron chi connectivity index (χ1n) is 5.54. The fourth-order valence-electron chi connectivity index (χ4n) is 1.43. The number of urea groups is 1. The predicted octanol–water partition coefficient (Wildman–Crippen LogP) is 3.13. The molecule has 0 saturated heterocycles. The molecule has 0 atom stereocenters. The van der Waals surface area contributed by atoms with E-state index < -0.39 is 12.0 Å². The standard InChI is InChI=1S/C12H8Cl2N4O3/c13-7-4-6(10(19)20)5-8(14)9(7)17-12(21)18-11-15-2-1-3-16-11/h1-5H,(H,19,20)(H2,15,16,17,18,21). The third-order valence-electron chi connectivity index (χ3n) is 2.32. The Morgan fingerprint density at radius 2 is 1.62 bits per heavy atom. The highest BCUT2D eigenvalue weighted by atomic mass is 35.5. The molecule has 0 aliphatic rings. The van der Waals surface area contributed by atoms with Crippen molar-refractivity contribution < 1.29 is 14.7 Å². The van der Waals surface area contributed by atoms with Crippen molar-refractivity contribution in [3.63, 3.8) is 0 Å². The lowest BCUT2D eigenvalue weighted by Crippen LogP contribution is -2.21. The third kappa shape index (κ3) is 3.80. The van der Waals surface area contributed by atoms with Crippen LogP contribution in [0, 0.1) is 0 Å². The molecule has 2 amide bonds. The number of hydrogen-bond donors (Lipinski definition) is 3. The number of carbonyl (C=O) groups is 2. The lowest BCUT2D eigenvalue weighted by Gasteiger charge is -2.10. The van der Waals surface area contributed by atoms with Crippen molar-refractivity contribution in [2.24, 2.45) is 0 Å². The summed E-state index contributed by atoms with van der Waals surface area (Å²) < 4.78 is 0. The Morgan fingerprint density at radius 3 is 2.14 bits per heavy atom. The van der Waals surface area contributed by atoms with Crippen molar-refractivity contribution in [3.05, 3.63) is 46.2 Å². The number of halogens is 2. The van der Waals surface area contributed by atoms with Crippen LogP contribution in [-0.4, -0.2) is 27.1 Å². The van der Waals surface area contributed by atoms with Crippen molar-refractivity contribution in [1.29, 1.82) is 0 Å². The second kappa shape index (κ2) is 6.38. The Morgan fingerprint density at radius 1 is 1.05 bits per heavy atom.